The van der Waals surface area contributed by atoms with Gasteiger partial charge in [0.15, 0.2) is 0 Å². The highest BCUT2D eigenvalue weighted by Gasteiger charge is 2.49. The molecule has 7 heteroatoms. The smallest absolute Gasteiger partial charge is 0.325 e. The fourth-order valence-electron chi connectivity index (χ4n) is 3.44. The van der Waals surface area contributed by atoms with Gasteiger partial charge in [0.25, 0.3) is 5.91 Å². The van der Waals surface area contributed by atoms with Crippen molar-refractivity contribution in [2.45, 2.75) is 51.6 Å². The first kappa shape index (κ1) is 18.5. The lowest BCUT2D eigenvalue weighted by molar-refractivity contribution is -0.132. The summed E-state index contributed by atoms with van der Waals surface area (Å²) in [6.45, 7) is 4.09. The molecular weight excluding hydrogens is 354 g/mol. The Bertz CT molecular complexity index is 812. The van der Waals surface area contributed by atoms with E-state index in [0.717, 1.165) is 12.8 Å². The van der Waals surface area contributed by atoms with Gasteiger partial charge in [-0.1, -0.05) is 50.4 Å². The van der Waals surface area contributed by atoms with Crippen LogP contribution in [0.15, 0.2) is 34.9 Å². The van der Waals surface area contributed by atoms with E-state index in [0.29, 0.717) is 35.0 Å². The third-order valence-electron chi connectivity index (χ3n) is 4.58. The number of carbonyl (C=O) groups excluding carboxylic acids is 2. The van der Waals surface area contributed by atoms with Crippen molar-refractivity contribution < 1.29 is 14.0 Å². The average molecular weight is 376 g/mol. The van der Waals surface area contributed by atoms with Crippen LogP contribution in [0.1, 0.15) is 45.2 Å². The van der Waals surface area contributed by atoms with E-state index in [1.165, 1.54) is 11.2 Å². The Balaban J connectivity index is 1.80. The molecule has 1 saturated heterocycles. The number of rotatable bonds is 7. The zero-order chi connectivity index (χ0) is 18.7. The second-order valence-electron chi connectivity index (χ2n) is 6.53. The van der Waals surface area contributed by atoms with Crippen molar-refractivity contribution in [1.82, 2.24) is 15.2 Å². The number of oxazole rings is 1. The number of carbonyl (C=O) groups is 2. The van der Waals surface area contributed by atoms with Gasteiger partial charge in [0.1, 0.15) is 11.8 Å². The normalized spacial score (nSPS) is 16.2. The van der Waals surface area contributed by atoms with E-state index in [1.54, 1.807) is 12.1 Å². The van der Waals surface area contributed by atoms with Crippen molar-refractivity contribution in [3.8, 4) is 11.5 Å². The van der Waals surface area contributed by atoms with Gasteiger partial charge in [-0.3, -0.25) is 9.69 Å². The van der Waals surface area contributed by atoms with Crippen LogP contribution >= 0.6 is 11.6 Å². The summed E-state index contributed by atoms with van der Waals surface area (Å²) in [4.78, 5) is 30.9. The molecule has 3 amide bonds. The van der Waals surface area contributed by atoms with Gasteiger partial charge in [-0.15, -0.1) is 0 Å². The minimum Gasteiger partial charge on any atom is -0.444 e. The molecule has 0 saturated carbocycles. The lowest BCUT2D eigenvalue weighted by Crippen LogP contribution is -2.46. The van der Waals surface area contributed by atoms with Crippen LogP contribution in [0, 0.1) is 0 Å². The summed E-state index contributed by atoms with van der Waals surface area (Å²) in [5.74, 6) is 0.180. The second-order valence-corrected chi connectivity index (χ2v) is 6.93. The number of nitrogens with zero attached hydrogens (tertiary/aromatic N) is 2. The Labute approximate surface area is 157 Å². The number of halogens is 1. The molecule has 0 spiro atoms. The topological polar surface area (TPSA) is 75.4 Å². The van der Waals surface area contributed by atoms with E-state index in [9.17, 15) is 9.59 Å². The maximum atomic E-state index is 12.9. The average Bonchev–Trinajstić information content (AvgIpc) is 3.15. The molecule has 2 heterocycles. The molecule has 0 bridgehead atoms. The van der Waals surface area contributed by atoms with Gasteiger partial charge >= 0.3 is 6.03 Å². The van der Waals surface area contributed by atoms with Crippen molar-refractivity contribution >= 4 is 23.5 Å². The molecule has 1 aromatic carbocycles. The van der Waals surface area contributed by atoms with Crippen LogP contribution in [0.2, 0.25) is 5.02 Å². The first-order valence-corrected chi connectivity index (χ1v) is 9.22. The fourth-order valence-corrected chi connectivity index (χ4v) is 3.65. The van der Waals surface area contributed by atoms with E-state index < -0.39 is 5.54 Å². The number of imide groups is 1. The molecule has 26 heavy (non-hydrogen) atoms. The van der Waals surface area contributed by atoms with E-state index in [2.05, 4.69) is 10.3 Å². The standard InChI is InChI=1S/C19H22ClN3O3/c1-3-9-19(10-4-2)17(24)23(18(25)22-19)11-13-12-26-16(21-13)14-7-5-6-8-15(14)20/h5-8,12H,3-4,9-11H2,1-2H3,(H,22,25). The number of amides is 3. The molecule has 3 rings (SSSR count). The monoisotopic (exact) mass is 375 g/mol. The summed E-state index contributed by atoms with van der Waals surface area (Å²) >= 11 is 6.16. The highest BCUT2D eigenvalue weighted by molar-refractivity contribution is 6.33. The summed E-state index contributed by atoms with van der Waals surface area (Å²) in [6, 6.07) is 6.84. The number of benzene rings is 1. The van der Waals surface area contributed by atoms with Gasteiger partial charge in [0, 0.05) is 0 Å². The summed E-state index contributed by atoms with van der Waals surface area (Å²) in [6.07, 6.45) is 4.36. The first-order chi connectivity index (χ1) is 12.5. The van der Waals surface area contributed by atoms with Gasteiger partial charge in [-0.05, 0) is 25.0 Å². The Kier molecular flexibility index (Phi) is 5.32. The number of nitrogens with one attached hydrogen (secondary N) is 1. The van der Waals surface area contributed by atoms with E-state index in [4.69, 9.17) is 16.0 Å². The highest BCUT2D eigenvalue weighted by Crippen LogP contribution is 2.30. The largest absolute Gasteiger partial charge is 0.444 e. The maximum absolute atomic E-state index is 12.9. The molecule has 0 aliphatic carbocycles. The molecule has 1 aliphatic rings. The summed E-state index contributed by atoms with van der Waals surface area (Å²) in [5.41, 5.74) is 0.381. The van der Waals surface area contributed by atoms with E-state index >= 15 is 0 Å². The van der Waals surface area contributed by atoms with Crippen LogP contribution in [0.3, 0.4) is 0 Å². The number of urea groups is 1. The molecule has 0 atom stereocenters. The number of aromatic nitrogens is 1. The van der Waals surface area contributed by atoms with Crippen LogP contribution in [-0.2, 0) is 11.3 Å². The van der Waals surface area contributed by atoms with Crippen LogP contribution in [-0.4, -0.2) is 27.4 Å². The van der Waals surface area contributed by atoms with E-state index in [-0.39, 0.29) is 18.5 Å². The number of hydrogen-bond acceptors (Lipinski definition) is 4. The molecular formula is C19H22ClN3O3. The molecule has 1 fully saturated rings. The summed E-state index contributed by atoms with van der Waals surface area (Å²) in [5, 5.41) is 3.42. The predicted molar refractivity (Wildman–Crippen MR) is 98.6 cm³/mol. The SMILES string of the molecule is CCCC1(CCC)NC(=O)N(Cc2coc(-c3ccccc3Cl)n2)C1=O. The quantitative estimate of drug-likeness (QED) is 0.728. The van der Waals surface area contributed by atoms with Gasteiger partial charge in [0.2, 0.25) is 5.89 Å². The summed E-state index contributed by atoms with van der Waals surface area (Å²) in [7, 11) is 0. The zero-order valence-corrected chi connectivity index (χ0v) is 15.7. The van der Waals surface area contributed by atoms with Crippen molar-refractivity contribution in [1.29, 1.82) is 0 Å². The van der Waals surface area contributed by atoms with Crippen molar-refractivity contribution in [3.63, 3.8) is 0 Å². The third-order valence-corrected chi connectivity index (χ3v) is 4.91. The highest BCUT2D eigenvalue weighted by atomic mass is 35.5. The molecule has 6 nitrogen and oxygen atoms in total. The molecule has 0 unspecified atom stereocenters. The predicted octanol–water partition coefficient (Wildman–Crippen LogP) is 4.39. The Morgan fingerprint density at radius 3 is 2.54 bits per heavy atom. The molecule has 138 valence electrons. The van der Waals surface area contributed by atoms with Crippen LogP contribution in [0.4, 0.5) is 4.79 Å². The zero-order valence-electron chi connectivity index (χ0n) is 14.9. The van der Waals surface area contributed by atoms with Crippen molar-refractivity contribution in [2.75, 3.05) is 0 Å². The number of hydrogen-bond donors (Lipinski definition) is 1. The molecule has 0 radical (unpaired) electrons. The molecule has 1 aromatic heterocycles. The first-order valence-electron chi connectivity index (χ1n) is 8.84. The lowest BCUT2D eigenvalue weighted by atomic mass is 9.88. The molecule has 1 aliphatic heterocycles. The minimum absolute atomic E-state index is 0.0772. The summed E-state index contributed by atoms with van der Waals surface area (Å²) < 4.78 is 5.49. The minimum atomic E-state index is -0.796. The maximum Gasteiger partial charge on any atom is 0.325 e. The van der Waals surface area contributed by atoms with Crippen LogP contribution in [0.5, 0.6) is 0 Å². The van der Waals surface area contributed by atoms with Crippen LogP contribution < -0.4 is 5.32 Å². The van der Waals surface area contributed by atoms with Crippen molar-refractivity contribution in [2.24, 2.45) is 0 Å². The van der Waals surface area contributed by atoms with Gasteiger partial charge in [0.05, 0.1) is 22.8 Å². The van der Waals surface area contributed by atoms with Gasteiger partial charge in [-0.25, -0.2) is 9.78 Å². The molecule has 1 N–H and O–H groups in total. The Morgan fingerprint density at radius 2 is 1.88 bits per heavy atom. The van der Waals surface area contributed by atoms with Gasteiger partial charge < -0.3 is 9.73 Å². The van der Waals surface area contributed by atoms with Crippen LogP contribution in [0.25, 0.3) is 11.5 Å². The van der Waals surface area contributed by atoms with E-state index in [1.807, 2.05) is 26.0 Å². The lowest BCUT2D eigenvalue weighted by Gasteiger charge is -2.25. The van der Waals surface area contributed by atoms with Crippen molar-refractivity contribution in [3.05, 3.63) is 41.2 Å². The van der Waals surface area contributed by atoms with Gasteiger partial charge in [-0.2, -0.15) is 0 Å². The molecule has 2 aromatic rings. The Hall–Kier alpha value is -2.34. The fraction of sp³-hybridized carbons (Fsp3) is 0.421. The third kappa shape index (κ3) is 3.33. The Morgan fingerprint density at radius 1 is 1.19 bits per heavy atom. The second kappa shape index (κ2) is 7.50.